The van der Waals surface area contributed by atoms with Crippen LogP contribution in [0.4, 0.5) is 0 Å². The zero-order valence-electron chi connectivity index (χ0n) is 9.66. The normalized spacial score (nSPS) is 12.5. The van der Waals surface area contributed by atoms with Crippen molar-refractivity contribution in [2.75, 3.05) is 26.7 Å². The number of hydrogen-bond donors (Lipinski definition) is 1. The highest BCUT2D eigenvalue weighted by Crippen LogP contribution is 2.00. The van der Waals surface area contributed by atoms with Gasteiger partial charge < -0.3 is 15.4 Å². The van der Waals surface area contributed by atoms with Crippen molar-refractivity contribution in [1.29, 1.82) is 0 Å². The molecular formula is C10H20N2O3. The highest BCUT2D eigenvalue weighted by Gasteiger charge is 2.14. The number of methoxy groups -OCH3 is 1. The summed E-state index contributed by atoms with van der Waals surface area (Å²) in [6.45, 7) is 5.73. The molecule has 88 valence electrons. The summed E-state index contributed by atoms with van der Waals surface area (Å²) in [7, 11) is 1.37. The Kier molecular flexibility index (Phi) is 6.70. The summed E-state index contributed by atoms with van der Waals surface area (Å²) in [6.07, 6.45) is 0.343. The lowest BCUT2D eigenvalue weighted by Gasteiger charge is -2.22. The van der Waals surface area contributed by atoms with E-state index in [9.17, 15) is 9.59 Å². The van der Waals surface area contributed by atoms with Crippen LogP contribution < -0.4 is 5.73 Å². The number of nitrogens with zero attached hydrogens (tertiary/aromatic N) is 1. The molecule has 0 aromatic rings. The largest absolute Gasteiger partial charge is 0.469 e. The van der Waals surface area contributed by atoms with Crippen molar-refractivity contribution in [3.63, 3.8) is 0 Å². The molecule has 1 unspecified atom stereocenters. The summed E-state index contributed by atoms with van der Waals surface area (Å²) in [5.41, 5.74) is 5.16. The van der Waals surface area contributed by atoms with Gasteiger partial charge in [0, 0.05) is 19.0 Å². The van der Waals surface area contributed by atoms with Gasteiger partial charge in [0.2, 0.25) is 5.91 Å². The first-order valence-electron chi connectivity index (χ1n) is 5.09. The van der Waals surface area contributed by atoms with Crippen molar-refractivity contribution < 1.29 is 14.3 Å². The van der Waals surface area contributed by atoms with Crippen molar-refractivity contribution >= 4 is 11.9 Å². The molecular weight excluding hydrogens is 196 g/mol. The van der Waals surface area contributed by atoms with Gasteiger partial charge in [-0.1, -0.05) is 13.8 Å². The molecule has 0 spiro atoms. The van der Waals surface area contributed by atoms with E-state index in [0.29, 0.717) is 19.5 Å². The molecule has 0 rings (SSSR count). The van der Waals surface area contributed by atoms with Gasteiger partial charge in [-0.05, 0) is 6.54 Å². The standard InChI is InChI=1S/C10H20N2O3/c1-4-12(6-5-9(13)15-3)7-8(2)10(11)14/h8H,4-7H2,1-3H3,(H2,11,14). The van der Waals surface area contributed by atoms with Gasteiger partial charge in [0.1, 0.15) is 0 Å². The molecule has 0 aliphatic carbocycles. The Labute approximate surface area is 90.6 Å². The van der Waals surface area contributed by atoms with Gasteiger partial charge in [0.05, 0.1) is 13.5 Å². The first kappa shape index (κ1) is 13.9. The average molecular weight is 216 g/mol. The van der Waals surface area contributed by atoms with Crippen LogP contribution in [0, 0.1) is 5.92 Å². The fraction of sp³-hybridized carbons (Fsp3) is 0.800. The smallest absolute Gasteiger partial charge is 0.306 e. The molecule has 0 aliphatic heterocycles. The van der Waals surface area contributed by atoms with Gasteiger partial charge in [0.15, 0.2) is 0 Å². The quantitative estimate of drug-likeness (QED) is 0.608. The Balaban J connectivity index is 3.92. The lowest BCUT2D eigenvalue weighted by Crippen LogP contribution is -2.36. The second-order valence-corrected chi connectivity index (χ2v) is 3.52. The lowest BCUT2D eigenvalue weighted by molar-refractivity contribution is -0.141. The minimum atomic E-state index is -0.313. The second-order valence-electron chi connectivity index (χ2n) is 3.52. The van der Waals surface area contributed by atoms with E-state index >= 15 is 0 Å². The van der Waals surface area contributed by atoms with E-state index in [0.717, 1.165) is 6.54 Å². The van der Waals surface area contributed by atoms with E-state index < -0.39 is 0 Å². The van der Waals surface area contributed by atoms with E-state index in [2.05, 4.69) is 4.74 Å². The third-order valence-corrected chi connectivity index (χ3v) is 2.32. The SMILES string of the molecule is CCN(CCC(=O)OC)CC(C)C(N)=O. The summed E-state index contributed by atoms with van der Waals surface area (Å²) in [6, 6.07) is 0. The van der Waals surface area contributed by atoms with Gasteiger partial charge in [-0.2, -0.15) is 0 Å². The van der Waals surface area contributed by atoms with Crippen molar-refractivity contribution in [3.05, 3.63) is 0 Å². The first-order chi connectivity index (χ1) is 7.01. The fourth-order valence-electron chi connectivity index (χ4n) is 1.21. The summed E-state index contributed by atoms with van der Waals surface area (Å²) in [5, 5.41) is 0. The molecule has 1 amide bonds. The van der Waals surface area contributed by atoms with E-state index in [4.69, 9.17) is 5.73 Å². The van der Waals surface area contributed by atoms with Crippen LogP contribution in [0.3, 0.4) is 0 Å². The maximum absolute atomic E-state index is 10.9. The first-order valence-corrected chi connectivity index (χ1v) is 5.09. The number of hydrogen-bond acceptors (Lipinski definition) is 4. The highest BCUT2D eigenvalue weighted by atomic mass is 16.5. The molecule has 1 atom stereocenters. The maximum Gasteiger partial charge on any atom is 0.306 e. The molecule has 15 heavy (non-hydrogen) atoms. The van der Waals surface area contributed by atoms with Crippen molar-refractivity contribution in [2.24, 2.45) is 11.7 Å². The van der Waals surface area contributed by atoms with Gasteiger partial charge >= 0.3 is 5.97 Å². The van der Waals surface area contributed by atoms with Gasteiger partial charge in [0.25, 0.3) is 0 Å². The molecule has 0 aliphatic rings. The average Bonchev–Trinajstić information content (AvgIpc) is 2.22. The molecule has 0 bridgehead atoms. The monoisotopic (exact) mass is 216 g/mol. The molecule has 0 heterocycles. The summed E-state index contributed by atoms with van der Waals surface area (Å²) < 4.78 is 4.54. The summed E-state index contributed by atoms with van der Waals surface area (Å²) in [4.78, 5) is 23.8. The van der Waals surface area contributed by atoms with E-state index in [1.807, 2.05) is 11.8 Å². The number of carbonyl (C=O) groups is 2. The number of esters is 1. The van der Waals surface area contributed by atoms with Gasteiger partial charge in [-0.25, -0.2) is 0 Å². The van der Waals surface area contributed by atoms with Crippen molar-refractivity contribution in [3.8, 4) is 0 Å². The van der Waals surface area contributed by atoms with E-state index in [1.54, 1.807) is 6.92 Å². The van der Waals surface area contributed by atoms with Gasteiger partial charge in [-0.3, -0.25) is 9.59 Å². The lowest BCUT2D eigenvalue weighted by atomic mass is 10.1. The van der Waals surface area contributed by atoms with Crippen LogP contribution in [0.15, 0.2) is 0 Å². The van der Waals surface area contributed by atoms with E-state index in [-0.39, 0.29) is 17.8 Å². The van der Waals surface area contributed by atoms with Crippen molar-refractivity contribution in [1.82, 2.24) is 4.90 Å². The Morgan fingerprint density at radius 1 is 1.47 bits per heavy atom. The molecule has 2 N–H and O–H groups in total. The number of primary amides is 1. The van der Waals surface area contributed by atoms with Crippen LogP contribution >= 0.6 is 0 Å². The number of carbonyl (C=O) groups excluding carboxylic acids is 2. The van der Waals surface area contributed by atoms with Crippen LogP contribution in [0.5, 0.6) is 0 Å². The topological polar surface area (TPSA) is 72.6 Å². The predicted octanol–water partition coefficient (Wildman–Crippen LogP) is -0.00720. The molecule has 0 radical (unpaired) electrons. The summed E-state index contributed by atoms with van der Waals surface area (Å²) >= 11 is 0. The molecule has 0 aromatic heterocycles. The zero-order chi connectivity index (χ0) is 11.8. The minimum Gasteiger partial charge on any atom is -0.469 e. The van der Waals surface area contributed by atoms with Crippen molar-refractivity contribution in [2.45, 2.75) is 20.3 Å². The number of ether oxygens (including phenoxy) is 1. The molecule has 5 heteroatoms. The van der Waals surface area contributed by atoms with E-state index in [1.165, 1.54) is 7.11 Å². The minimum absolute atomic E-state index is 0.192. The zero-order valence-corrected chi connectivity index (χ0v) is 9.66. The van der Waals surface area contributed by atoms with Crippen LogP contribution in [0.2, 0.25) is 0 Å². The maximum atomic E-state index is 10.9. The molecule has 0 saturated heterocycles. The summed E-state index contributed by atoms with van der Waals surface area (Å²) in [5.74, 6) is -0.741. The highest BCUT2D eigenvalue weighted by molar-refractivity contribution is 5.76. The Hall–Kier alpha value is -1.10. The van der Waals surface area contributed by atoms with Crippen LogP contribution in [0.1, 0.15) is 20.3 Å². The number of amides is 1. The van der Waals surface area contributed by atoms with Crippen LogP contribution in [-0.4, -0.2) is 43.5 Å². The predicted molar refractivity (Wildman–Crippen MR) is 57.1 cm³/mol. The third-order valence-electron chi connectivity index (χ3n) is 2.32. The third kappa shape index (κ3) is 6.06. The Morgan fingerprint density at radius 3 is 2.47 bits per heavy atom. The number of nitrogens with two attached hydrogens (primary N) is 1. The molecule has 5 nitrogen and oxygen atoms in total. The Morgan fingerprint density at radius 2 is 2.07 bits per heavy atom. The van der Waals surface area contributed by atoms with Crippen LogP contribution in [0.25, 0.3) is 0 Å². The van der Waals surface area contributed by atoms with Gasteiger partial charge in [-0.15, -0.1) is 0 Å². The second kappa shape index (κ2) is 7.23. The Bertz CT molecular complexity index is 219. The fourth-order valence-corrected chi connectivity index (χ4v) is 1.21. The molecule has 0 fully saturated rings. The molecule has 0 aromatic carbocycles. The van der Waals surface area contributed by atoms with Crippen LogP contribution in [-0.2, 0) is 14.3 Å². The number of rotatable bonds is 7. The molecule has 0 saturated carbocycles.